The molecule has 144 valence electrons. The van der Waals surface area contributed by atoms with Gasteiger partial charge in [-0.1, -0.05) is 29.8 Å². The molecule has 0 spiro atoms. The van der Waals surface area contributed by atoms with Gasteiger partial charge < -0.3 is 4.90 Å². The lowest BCUT2D eigenvalue weighted by Crippen LogP contribution is -2.48. The third-order valence-electron chi connectivity index (χ3n) is 4.83. The predicted octanol–water partition coefficient (Wildman–Crippen LogP) is 4.12. The molecule has 0 radical (unpaired) electrons. The van der Waals surface area contributed by atoms with Crippen LogP contribution in [0.3, 0.4) is 0 Å². The van der Waals surface area contributed by atoms with E-state index in [1.807, 2.05) is 60.5 Å². The maximum Gasteiger partial charge on any atom is 0.265 e. The highest BCUT2D eigenvalue weighted by atomic mass is 35.5. The van der Waals surface area contributed by atoms with Gasteiger partial charge in [0.25, 0.3) is 5.91 Å². The van der Waals surface area contributed by atoms with Gasteiger partial charge in [-0.2, -0.15) is 0 Å². The van der Waals surface area contributed by atoms with Gasteiger partial charge in [0.2, 0.25) is 0 Å². The molecule has 1 amide bonds. The largest absolute Gasteiger partial charge is 0.335 e. The van der Waals surface area contributed by atoms with Crippen molar-refractivity contribution in [2.45, 2.75) is 13.5 Å². The summed E-state index contributed by atoms with van der Waals surface area (Å²) in [5.41, 5.74) is 2.78. The SMILES string of the molecule is Cc1nc(-c2cccc(Cl)c2)sc1C(=O)N1CCN(Cc2ccccn2)CC1. The van der Waals surface area contributed by atoms with Crippen molar-refractivity contribution in [3.8, 4) is 10.6 Å². The Labute approximate surface area is 173 Å². The molecule has 1 fully saturated rings. The molecule has 7 heteroatoms. The number of hydrogen-bond donors (Lipinski definition) is 0. The van der Waals surface area contributed by atoms with Gasteiger partial charge in [0, 0.05) is 49.5 Å². The quantitative estimate of drug-likeness (QED) is 0.646. The zero-order chi connectivity index (χ0) is 19.5. The number of amides is 1. The van der Waals surface area contributed by atoms with Crippen LogP contribution in [0.5, 0.6) is 0 Å². The molecule has 0 unspecified atom stereocenters. The number of halogens is 1. The molecule has 1 saturated heterocycles. The first-order valence-corrected chi connectivity index (χ1v) is 10.4. The molecule has 3 aromatic rings. The number of thiazole rings is 1. The normalized spacial score (nSPS) is 15.0. The zero-order valence-corrected chi connectivity index (χ0v) is 17.2. The Bertz CT molecular complexity index is 968. The first kappa shape index (κ1) is 19.1. The number of carbonyl (C=O) groups excluding carboxylic acids is 1. The topological polar surface area (TPSA) is 49.3 Å². The summed E-state index contributed by atoms with van der Waals surface area (Å²) < 4.78 is 0. The van der Waals surface area contributed by atoms with E-state index in [0.717, 1.165) is 54.7 Å². The second-order valence-electron chi connectivity index (χ2n) is 6.83. The Balaban J connectivity index is 1.41. The molecule has 0 aliphatic carbocycles. The van der Waals surface area contributed by atoms with Crippen LogP contribution in [0, 0.1) is 6.92 Å². The van der Waals surface area contributed by atoms with Crippen molar-refractivity contribution in [3.63, 3.8) is 0 Å². The number of piperazine rings is 1. The molecule has 1 aliphatic rings. The van der Waals surface area contributed by atoms with Gasteiger partial charge in [-0.3, -0.25) is 14.7 Å². The van der Waals surface area contributed by atoms with Crippen LogP contribution in [0.4, 0.5) is 0 Å². The average Bonchev–Trinajstić information content (AvgIpc) is 3.10. The number of aryl methyl sites for hydroxylation is 1. The fraction of sp³-hybridized carbons (Fsp3) is 0.286. The van der Waals surface area contributed by atoms with E-state index in [0.29, 0.717) is 9.90 Å². The summed E-state index contributed by atoms with van der Waals surface area (Å²) in [6, 6.07) is 13.6. The first-order valence-electron chi connectivity index (χ1n) is 9.25. The molecule has 2 aromatic heterocycles. The number of benzene rings is 1. The minimum atomic E-state index is 0.0702. The third kappa shape index (κ3) is 4.24. The lowest BCUT2D eigenvalue weighted by Gasteiger charge is -2.34. The summed E-state index contributed by atoms with van der Waals surface area (Å²) in [6.07, 6.45) is 1.82. The van der Waals surface area contributed by atoms with E-state index in [1.54, 1.807) is 0 Å². The summed E-state index contributed by atoms with van der Waals surface area (Å²) >= 11 is 7.53. The fourth-order valence-corrected chi connectivity index (χ4v) is 4.53. The molecular formula is C21H21ClN4OS. The van der Waals surface area contributed by atoms with E-state index in [-0.39, 0.29) is 5.91 Å². The van der Waals surface area contributed by atoms with Gasteiger partial charge in [-0.25, -0.2) is 4.98 Å². The highest BCUT2D eigenvalue weighted by molar-refractivity contribution is 7.17. The van der Waals surface area contributed by atoms with E-state index in [1.165, 1.54) is 11.3 Å². The summed E-state index contributed by atoms with van der Waals surface area (Å²) in [4.78, 5) is 27.0. The smallest absolute Gasteiger partial charge is 0.265 e. The van der Waals surface area contributed by atoms with E-state index in [9.17, 15) is 4.79 Å². The fourth-order valence-electron chi connectivity index (χ4n) is 3.31. The predicted molar refractivity (Wildman–Crippen MR) is 113 cm³/mol. The van der Waals surface area contributed by atoms with Crippen LogP contribution in [-0.4, -0.2) is 51.9 Å². The Morgan fingerprint density at radius 3 is 2.68 bits per heavy atom. The van der Waals surface area contributed by atoms with Gasteiger partial charge in [0.1, 0.15) is 9.88 Å². The molecule has 1 aliphatic heterocycles. The van der Waals surface area contributed by atoms with Gasteiger partial charge in [-0.05, 0) is 31.2 Å². The van der Waals surface area contributed by atoms with Crippen LogP contribution >= 0.6 is 22.9 Å². The number of hydrogen-bond acceptors (Lipinski definition) is 5. The Morgan fingerprint density at radius 2 is 1.96 bits per heavy atom. The molecule has 28 heavy (non-hydrogen) atoms. The number of nitrogens with zero attached hydrogens (tertiary/aromatic N) is 4. The van der Waals surface area contributed by atoms with Crippen LogP contribution in [0.25, 0.3) is 10.6 Å². The number of pyridine rings is 1. The minimum Gasteiger partial charge on any atom is -0.335 e. The van der Waals surface area contributed by atoms with Crippen molar-refractivity contribution in [3.05, 3.63) is 69.9 Å². The van der Waals surface area contributed by atoms with Crippen molar-refractivity contribution < 1.29 is 4.79 Å². The Hall–Kier alpha value is -2.28. The Kier molecular flexibility index (Phi) is 5.71. The number of rotatable bonds is 4. The summed E-state index contributed by atoms with van der Waals surface area (Å²) in [6.45, 7) is 5.85. The van der Waals surface area contributed by atoms with Crippen LogP contribution in [0.15, 0.2) is 48.7 Å². The molecule has 1 aromatic carbocycles. The van der Waals surface area contributed by atoms with Crippen LogP contribution < -0.4 is 0 Å². The minimum absolute atomic E-state index is 0.0702. The first-order chi connectivity index (χ1) is 13.6. The van der Waals surface area contributed by atoms with Gasteiger partial charge in [-0.15, -0.1) is 11.3 Å². The van der Waals surface area contributed by atoms with Gasteiger partial charge in [0.05, 0.1) is 11.4 Å². The van der Waals surface area contributed by atoms with Gasteiger partial charge >= 0.3 is 0 Å². The number of carbonyl (C=O) groups is 1. The lowest BCUT2D eigenvalue weighted by molar-refractivity contribution is 0.0631. The summed E-state index contributed by atoms with van der Waals surface area (Å²) in [5.74, 6) is 0.0702. The van der Waals surface area contributed by atoms with E-state index >= 15 is 0 Å². The lowest BCUT2D eigenvalue weighted by atomic mass is 10.2. The van der Waals surface area contributed by atoms with Crippen LogP contribution in [0.2, 0.25) is 5.02 Å². The average molecular weight is 413 g/mol. The monoisotopic (exact) mass is 412 g/mol. The molecule has 5 nitrogen and oxygen atoms in total. The van der Waals surface area contributed by atoms with Crippen molar-refractivity contribution in [1.29, 1.82) is 0 Å². The zero-order valence-electron chi connectivity index (χ0n) is 15.6. The van der Waals surface area contributed by atoms with Crippen molar-refractivity contribution in [2.24, 2.45) is 0 Å². The standard InChI is InChI=1S/C21H21ClN4OS/c1-15-19(28-20(24-15)16-5-4-6-17(22)13-16)21(27)26-11-9-25(10-12-26)14-18-7-2-3-8-23-18/h2-8,13H,9-12,14H2,1H3. The molecule has 0 atom stereocenters. The molecule has 0 bridgehead atoms. The van der Waals surface area contributed by atoms with E-state index in [2.05, 4.69) is 14.9 Å². The second-order valence-corrected chi connectivity index (χ2v) is 8.27. The van der Waals surface area contributed by atoms with Crippen molar-refractivity contribution in [2.75, 3.05) is 26.2 Å². The molecule has 4 rings (SSSR count). The second kappa shape index (κ2) is 8.39. The summed E-state index contributed by atoms with van der Waals surface area (Å²) in [7, 11) is 0. The van der Waals surface area contributed by atoms with Crippen LogP contribution in [-0.2, 0) is 6.54 Å². The number of aromatic nitrogens is 2. The maximum absolute atomic E-state index is 13.0. The highest BCUT2D eigenvalue weighted by Gasteiger charge is 2.25. The summed E-state index contributed by atoms with van der Waals surface area (Å²) in [5, 5.41) is 1.50. The van der Waals surface area contributed by atoms with Crippen molar-refractivity contribution in [1.82, 2.24) is 19.8 Å². The molecule has 0 saturated carbocycles. The Morgan fingerprint density at radius 1 is 1.14 bits per heavy atom. The van der Waals surface area contributed by atoms with E-state index in [4.69, 9.17) is 11.6 Å². The van der Waals surface area contributed by atoms with Crippen LogP contribution in [0.1, 0.15) is 21.1 Å². The molecule has 0 N–H and O–H groups in total. The van der Waals surface area contributed by atoms with Crippen molar-refractivity contribution >= 4 is 28.8 Å². The third-order valence-corrected chi connectivity index (χ3v) is 6.26. The van der Waals surface area contributed by atoms with Gasteiger partial charge in [0.15, 0.2) is 0 Å². The molecular weight excluding hydrogens is 392 g/mol. The molecule has 3 heterocycles. The highest BCUT2D eigenvalue weighted by Crippen LogP contribution is 2.30. The van der Waals surface area contributed by atoms with E-state index < -0.39 is 0 Å². The maximum atomic E-state index is 13.0.